The predicted molar refractivity (Wildman–Crippen MR) is 91.2 cm³/mol. The first-order valence-corrected chi connectivity index (χ1v) is 7.32. The van der Waals surface area contributed by atoms with Crippen molar-refractivity contribution in [2.24, 2.45) is 5.73 Å². The summed E-state index contributed by atoms with van der Waals surface area (Å²) in [6, 6.07) is 18.5. The van der Waals surface area contributed by atoms with Gasteiger partial charge < -0.3 is 10.5 Å². The quantitative estimate of drug-likeness (QED) is 0.763. The summed E-state index contributed by atoms with van der Waals surface area (Å²) in [5.41, 5.74) is 8.67. The molecule has 2 nitrogen and oxygen atoms in total. The van der Waals surface area contributed by atoms with E-state index in [2.05, 4.69) is 31.2 Å². The molecule has 2 N–H and O–H groups in total. The number of halogens is 1. The van der Waals surface area contributed by atoms with Crippen LogP contribution in [0.5, 0.6) is 5.75 Å². The molecule has 0 saturated carbocycles. The van der Waals surface area contributed by atoms with Crippen molar-refractivity contribution in [2.45, 2.75) is 32.2 Å². The molecule has 0 aliphatic rings. The van der Waals surface area contributed by atoms with Gasteiger partial charge in [-0.1, -0.05) is 55.8 Å². The molecule has 0 saturated heterocycles. The number of benzene rings is 2. The van der Waals surface area contributed by atoms with Crippen LogP contribution in [-0.4, -0.2) is 6.61 Å². The molecule has 0 bridgehead atoms. The number of ether oxygens (including phenoxy) is 1. The molecule has 21 heavy (non-hydrogen) atoms. The van der Waals surface area contributed by atoms with Crippen LogP contribution in [-0.2, 0) is 6.42 Å². The van der Waals surface area contributed by atoms with E-state index in [1.165, 1.54) is 5.56 Å². The van der Waals surface area contributed by atoms with Crippen molar-refractivity contribution in [3.63, 3.8) is 0 Å². The number of hydrogen-bond donors (Lipinski definition) is 1. The summed E-state index contributed by atoms with van der Waals surface area (Å²) in [6.45, 7) is 2.95. The molecule has 0 amide bonds. The van der Waals surface area contributed by atoms with E-state index in [1.54, 1.807) is 0 Å². The Bertz CT molecular complexity index is 498. The van der Waals surface area contributed by atoms with Gasteiger partial charge in [0.25, 0.3) is 0 Å². The summed E-state index contributed by atoms with van der Waals surface area (Å²) in [5, 5.41) is 0. The molecule has 0 aromatic heterocycles. The van der Waals surface area contributed by atoms with Crippen molar-refractivity contribution in [1.29, 1.82) is 0 Å². The summed E-state index contributed by atoms with van der Waals surface area (Å²) in [4.78, 5) is 0. The van der Waals surface area contributed by atoms with Crippen molar-refractivity contribution in [3.8, 4) is 5.75 Å². The standard InChI is InChI=1S/C18H23NO.ClH/c1-2-3-13-20-17-11-9-16(10-12-17)18(19)14-15-7-5-4-6-8-15;/h4-12,18H,2-3,13-14,19H2,1H3;1H. The molecule has 0 aliphatic heterocycles. The van der Waals surface area contributed by atoms with E-state index in [-0.39, 0.29) is 18.4 Å². The average Bonchev–Trinajstić information content (AvgIpc) is 2.49. The minimum absolute atomic E-state index is 0. The molecule has 2 rings (SSSR count). The summed E-state index contributed by atoms with van der Waals surface area (Å²) in [5.74, 6) is 0.925. The minimum atomic E-state index is 0. The maximum absolute atomic E-state index is 6.26. The summed E-state index contributed by atoms with van der Waals surface area (Å²) >= 11 is 0. The molecule has 0 aliphatic carbocycles. The van der Waals surface area contributed by atoms with Gasteiger partial charge in [0.15, 0.2) is 0 Å². The lowest BCUT2D eigenvalue weighted by atomic mass is 10.00. The number of unbranched alkanes of at least 4 members (excludes halogenated alkanes) is 1. The summed E-state index contributed by atoms with van der Waals surface area (Å²) in [6.07, 6.45) is 3.10. The van der Waals surface area contributed by atoms with Crippen LogP contribution >= 0.6 is 12.4 Å². The van der Waals surface area contributed by atoms with E-state index in [0.717, 1.165) is 37.2 Å². The normalized spacial score (nSPS) is 11.5. The Morgan fingerprint density at radius 3 is 2.29 bits per heavy atom. The van der Waals surface area contributed by atoms with Gasteiger partial charge in [0.1, 0.15) is 5.75 Å². The molecule has 0 radical (unpaired) electrons. The third-order valence-electron chi connectivity index (χ3n) is 3.37. The third kappa shape index (κ3) is 5.78. The topological polar surface area (TPSA) is 35.2 Å². The average molecular weight is 306 g/mol. The highest BCUT2D eigenvalue weighted by Crippen LogP contribution is 2.19. The second-order valence-corrected chi connectivity index (χ2v) is 5.07. The predicted octanol–water partition coefficient (Wildman–Crippen LogP) is 4.53. The molecule has 0 spiro atoms. The van der Waals surface area contributed by atoms with Gasteiger partial charge in [0.2, 0.25) is 0 Å². The first kappa shape index (κ1) is 17.5. The Labute approximate surface area is 133 Å². The van der Waals surface area contributed by atoms with Crippen LogP contribution in [0.4, 0.5) is 0 Å². The Kier molecular flexibility index (Phi) is 7.88. The summed E-state index contributed by atoms with van der Waals surface area (Å²) < 4.78 is 5.66. The zero-order valence-electron chi connectivity index (χ0n) is 12.5. The van der Waals surface area contributed by atoms with E-state index in [1.807, 2.05) is 30.3 Å². The first-order valence-electron chi connectivity index (χ1n) is 7.32. The van der Waals surface area contributed by atoms with Crippen LogP contribution in [0.1, 0.15) is 36.9 Å². The highest BCUT2D eigenvalue weighted by Gasteiger charge is 2.07. The van der Waals surface area contributed by atoms with Crippen molar-refractivity contribution in [3.05, 3.63) is 65.7 Å². The largest absolute Gasteiger partial charge is 0.494 e. The lowest BCUT2D eigenvalue weighted by molar-refractivity contribution is 0.309. The Hall–Kier alpha value is -1.51. The van der Waals surface area contributed by atoms with Crippen molar-refractivity contribution in [2.75, 3.05) is 6.61 Å². The van der Waals surface area contributed by atoms with Crippen molar-refractivity contribution < 1.29 is 4.74 Å². The first-order chi connectivity index (χ1) is 9.79. The van der Waals surface area contributed by atoms with Gasteiger partial charge in [0, 0.05) is 6.04 Å². The van der Waals surface area contributed by atoms with E-state index in [9.17, 15) is 0 Å². The van der Waals surface area contributed by atoms with Crippen LogP contribution in [0.3, 0.4) is 0 Å². The molecule has 2 aromatic rings. The van der Waals surface area contributed by atoms with Gasteiger partial charge in [-0.3, -0.25) is 0 Å². The number of hydrogen-bond acceptors (Lipinski definition) is 2. The smallest absolute Gasteiger partial charge is 0.119 e. The Morgan fingerprint density at radius 2 is 1.67 bits per heavy atom. The van der Waals surface area contributed by atoms with Crippen LogP contribution < -0.4 is 10.5 Å². The molecule has 1 atom stereocenters. The number of nitrogens with two attached hydrogens (primary N) is 1. The minimum Gasteiger partial charge on any atom is -0.494 e. The number of rotatable bonds is 7. The third-order valence-corrected chi connectivity index (χ3v) is 3.37. The maximum Gasteiger partial charge on any atom is 0.119 e. The zero-order valence-corrected chi connectivity index (χ0v) is 13.3. The second-order valence-electron chi connectivity index (χ2n) is 5.07. The van der Waals surface area contributed by atoms with E-state index >= 15 is 0 Å². The highest BCUT2D eigenvalue weighted by molar-refractivity contribution is 5.85. The maximum atomic E-state index is 6.26. The van der Waals surface area contributed by atoms with Crippen molar-refractivity contribution in [1.82, 2.24) is 0 Å². The second kappa shape index (κ2) is 9.43. The lowest BCUT2D eigenvalue weighted by Gasteiger charge is -2.13. The molecule has 3 heteroatoms. The van der Waals surface area contributed by atoms with Gasteiger partial charge >= 0.3 is 0 Å². The van der Waals surface area contributed by atoms with Crippen LogP contribution in [0.25, 0.3) is 0 Å². The fraction of sp³-hybridized carbons (Fsp3) is 0.333. The van der Waals surface area contributed by atoms with Crippen LogP contribution in [0.15, 0.2) is 54.6 Å². The van der Waals surface area contributed by atoms with E-state index in [4.69, 9.17) is 10.5 Å². The molecule has 0 heterocycles. The van der Waals surface area contributed by atoms with Gasteiger partial charge in [-0.25, -0.2) is 0 Å². The van der Waals surface area contributed by atoms with Gasteiger partial charge in [-0.15, -0.1) is 12.4 Å². The summed E-state index contributed by atoms with van der Waals surface area (Å²) in [7, 11) is 0. The monoisotopic (exact) mass is 305 g/mol. The molecule has 2 aromatic carbocycles. The fourth-order valence-electron chi connectivity index (χ4n) is 2.13. The molecular weight excluding hydrogens is 282 g/mol. The molecule has 1 unspecified atom stereocenters. The van der Waals surface area contributed by atoms with Crippen LogP contribution in [0.2, 0.25) is 0 Å². The van der Waals surface area contributed by atoms with Gasteiger partial charge in [-0.2, -0.15) is 0 Å². The van der Waals surface area contributed by atoms with Crippen LogP contribution in [0, 0.1) is 0 Å². The lowest BCUT2D eigenvalue weighted by Crippen LogP contribution is -2.13. The highest BCUT2D eigenvalue weighted by atomic mass is 35.5. The fourth-order valence-corrected chi connectivity index (χ4v) is 2.13. The molecule has 0 fully saturated rings. The Balaban J connectivity index is 0.00000220. The van der Waals surface area contributed by atoms with Gasteiger partial charge in [0.05, 0.1) is 6.61 Å². The Morgan fingerprint density at radius 1 is 1.00 bits per heavy atom. The molecule has 114 valence electrons. The van der Waals surface area contributed by atoms with E-state index in [0.29, 0.717) is 0 Å². The van der Waals surface area contributed by atoms with Gasteiger partial charge in [-0.05, 0) is 36.1 Å². The van der Waals surface area contributed by atoms with Crippen molar-refractivity contribution >= 4 is 12.4 Å². The van der Waals surface area contributed by atoms with E-state index < -0.39 is 0 Å². The molecular formula is C18H24ClNO. The SMILES string of the molecule is CCCCOc1ccc(C(N)Cc2ccccc2)cc1.Cl. The zero-order chi connectivity index (χ0) is 14.2.